The second kappa shape index (κ2) is 12.1. The molecular weight excluding hydrogens is 509 g/mol. The molecule has 0 aliphatic heterocycles. The number of anilines is 1. The van der Waals surface area contributed by atoms with Crippen molar-refractivity contribution in [2.45, 2.75) is 31.0 Å². The van der Waals surface area contributed by atoms with Crippen molar-refractivity contribution >= 4 is 21.8 Å². The first-order valence-electron chi connectivity index (χ1n) is 11.4. The van der Waals surface area contributed by atoms with Crippen LogP contribution in [0, 0.1) is 0 Å². The van der Waals surface area contributed by atoms with E-state index in [9.17, 15) is 26.4 Å². The fourth-order valence-corrected chi connectivity index (χ4v) is 4.38. The summed E-state index contributed by atoms with van der Waals surface area (Å²) >= 11 is 0. The van der Waals surface area contributed by atoms with Gasteiger partial charge in [0, 0.05) is 25.9 Å². The van der Waals surface area contributed by atoms with Crippen LogP contribution in [0.25, 0.3) is 0 Å². The molecule has 3 rings (SSSR count). The molecule has 0 aromatic heterocycles. The number of alkyl halides is 3. The van der Waals surface area contributed by atoms with Gasteiger partial charge in [-0.2, -0.15) is 21.6 Å². The molecule has 0 unspecified atom stereocenters. The van der Waals surface area contributed by atoms with Crippen LogP contribution in [0.1, 0.15) is 23.6 Å². The molecular formula is C26H27F3N2O5S. The lowest BCUT2D eigenvalue weighted by atomic mass is 10.1. The molecule has 0 saturated carbocycles. The molecule has 0 radical (unpaired) electrons. The summed E-state index contributed by atoms with van der Waals surface area (Å²) in [4.78, 5) is 13.8. The van der Waals surface area contributed by atoms with Gasteiger partial charge in [0.2, 0.25) is 0 Å². The van der Waals surface area contributed by atoms with Gasteiger partial charge in [-0.1, -0.05) is 37.3 Å². The minimum Gasteiger partial charge on any atom is -0.383 e. The van der Waals surface area contributed by atoms with E-state index < -0.39 is 26.8 Å². The Morgan fingerprint density at radius 3 is 2.32 bits per heavy atom. The van der Waals surface area contributed by atoms with E-state index >= 15 is 0 Å². The molecule has 0 atom stereocenters. The lowest BCUT2D eigenvalue weighted by Crippen LogP contribution is -2.36. The van der Waals surface area contributed by atoms with Gasteiger partial charge in [0.25, 0.3) is 0 Å². The summed E-state index contributed by atoms with van der Waals surface area (Å²) in [6, 6.07) is 16.4. The van der Waals surface area contributed by atoms with Crippen molar-refractivity contribution in [2.24, 2.45) is 0 Å². The molecule has 3 aromatic rings. The first-order chi connectivity index (χ1) is 17.5. The highest BCUT2D eigenvalue weighted by atomic mass is 32.2. The summed E-state index contributed by atoms with van der Waals surface area (Å²) in [5, 5.41) is 2.87. The lowest BCUT2D eigenvalue weighted by molar-refractivity contribution is -0.137. The van der Waals surface area contributed by atoms with E-state index in [1.54, 1.807) is 18.2 Å². The van der Waals surface area contributed by atoms with Crippen LogP contribution < -0.4 is 9.50 Å². The van der Waals surface area contributed by atoms with E-state index in [4.69, 9.17) is 8.92 Å². The molecule has 1 N–H and O–H groups in total. The van der Waals surface area contributed by atoms with Gasteiger partial charge in [0.1, 0.15) is 10.6 Å². The van der Waals surface area contributed by atoms with Gasteiger partial charge < -0.3 is 19.1 Å². The van der Waals surface area contributed by atoms with Crippen molar-refractivity contribution in [1.29, 1.82) is 0 Å². The van der Waals surface area contributed by atoms with Gasteiger partial charge >= 0.3 is 22.3 Å². The Morgan fingerprint density at radius 1 is 0.973 bits per heavy atom. The average Bonchev–Trinajstić information content (AvgIpc) is 2.87. The molecule has 0 aliphatic rings. The Kier molecular flexibility index (Phi) is 9.17. The number of amides is 2. The number of benzene rings is 3. The predicted molar refractivity (Wildman–Crippen MR) is 133 cm³/mol. The molecule has 11 heteroatoms. The zero-order valence-electron chi connectivity index (χ0n) is 20.3. The predicted octanol–water partition coefficient (Wildman–Crippen LogP) is 5.72. The van der Waals surface area contributed by atoms with Crippen molar-refractivity contribution in [2.75, 3.05) is 25.6 Å². The largest absolute Gasteiger partial charge is 0.416 e. The number of rotatable bonds is 10. The van der Waals surface area contributed by atoms with Crippen LogP contribution in [0.5, 0.6) is 5.75 Å². The number of carbonyl (C=O) groups is 1. The van der Waals surface area contributed by atoms with Gasteiger partial charge in [0.15, 0.2) is 0 Å². The second-order valence-corrected chi connectivity index (χ2v) is 9.65. The molecule has 37 heavy (non-hydrogen) atoms. The summed E-state index contributed by atoms with van der Waals surface area (Å²) in [5.74, 6) is -0.0783. The number of halogens is 3. The topological polar surface area (TPSA) is 84.9 Å². The third-order valence-corrected chi connectivity index (χ3v) is 6.63. The van der Waals surface area contributed by atoms with E-state index in [0.29, 0.717) is 30.5 Å². The van der Waals surface area contributed by atoms with E-state index in [1.165, 1.54) is 24.1 Å². The average molecular weight is 537 g/mol. The van der Waals surface area contributed by atoms with Crippen LogP contribution in [-0.2, 0) is 34.0 Å². The van der Waals surface area contributed by atoms with E-state index in [0.717, 1.165) is 30.2 Å². The standard InChI is InChI=1S/C26H27F3N2O5S/c1-3-19-6-4-8-22(16-19)30-25(32)31(14-15-35-2)18-20-10-12-23(13-11-20)36-37(33,34)24-9-5-7-21(17-24)26(27,28)29/h4-13,16-17H,3,14-15,18H2,1-2H3,(H,30,32). The number of aryl methyl sites for hydroxylation is 1. The van der Waals surface area contributed by atoms with Gasteiger partial charge in [-0.05, 0) is 60.0 Å². The molecule has 0 spiro atoms. The lowest BCUT2D eigenvalue weighted by Gasteiger charge is -2.23. The minimum absolute atomic E-state index is 0.0783. The monoisotopic (exact) mass is 536 g/mol. The number of urea groups is 1. The van der Waals surface area contributed by atoms with Crippen LogP contribution in [0.2, 0.25) is 0 Å². The Balaban J connectivity index is 1.71. The maximum Gasteiger partial charge on any atom is 0.416 e. The maximum absolute atomic E-state index is 12.9. The normalized spacial score (nSPS) is 11.7. The summed E-state index contributed by atoms with van der Waals surface area (Å²) in [5.41, 5.74) is 1.33. The molecule has 0 fully saturated rings. The summed E-state index contributed by atoms with van der Waals surface area (Å²) in [6.45, 7) is 2.82. The third-order valence-electron chi connectivity index (χ3n) is 5.39. The quantitative estimate of drug-likeness (QED) is 0.335. The smallest absolute Gasteiger partial charge is 0.383 e. The van der Waals surface area contributed by atoms with Crippen LogP contribution in [-0.4, -0.2) is 39.6 Å². The summed E-state index contributed by atoms with van der Waals surface area (Å²) in [7, 11) is -2.96. The van der Waals surface area contributed by atoms with E-state index in [-0.39, 0.29) is 18.3 Å². The number of nitrogens with zero attached hydrogens (tertiary/aromatic N) is 1. The second-order valence-electron chi connectivity index (χ2n) is 8.11. The zero-order valence-corrected chi connectivity index (χ0v) is 21.1. The fraction of sp³-hybridized carbons (Fsp3) is 0.269. The fourth-order valence-electron chi connectivity index (χ4n) is 3.40. The van der Waals surface area contributed by atoms with Gasteiger partial charge in [-0.3, -0.25) is 0 Å². The number of ether oxygens (including phenoxy) is 1. The van der Waals surface area contributed by atoms with Crippen LogP contribution >= 0.6 is 0 Å². The Labute approximate surface area is 213 Å². The summed E-state index contributed by atoms with van der Waals surface area (Å²) < 4.78 is 74.0. The number of nitrogens with one attached hydrogen (secondary N) is 1. The Hall–Kier alpha value is -3.57. The maximum atomic E-state index is 12.9. The van der Waals surface area contributed by atoms with E-state index in [2.05, 4.69) is 5.32 Å². The van der Waals surface area contributed by atoms with Gasteiger partial charge in [0.05, 0.1) is 12.2 Å². The number of hydrogen-bond donors (Lipinski definition) is 1. The molecule has 0 bridgehead atoms. The van der Waals surface area contributed by atoms with E-state index in [1.807, 2.05) is 25.1 Å². The third kappa shape index (κ3) is 7.96. The highest BCUT2D eigenvalue weighted by molar-refractivity contribution is 7.87. The molecule has 198 valence electrons. The highest BCUT2D eigenvalue weighted by Crippen LogP contribution is 2.31. The van der Waals surface area contributed by atoms with Gasteiger partial charge in [-0.25, -0.2) is 4.79 Å². The van der Waals surface area contributed by atoms with Crippen molar-refractivity contribution in [1.82, 2.24) is 4.90 Å². The minimum atomic E-state index is -4.69. The van der Waals surface area contributed by atoms with Crippen molar-refractivity contribution in [3.8, 4) is 5.75 Å². The number of carbonyl (C=O) groups excluding carboxylic acids is 1. The molecule has 2 amide bonds. The Bertz CT molecular complexity index is 1310. The first kappa shape index (κ1) is 28.0. The van der Waals surface area contributed by atoms with Crippen molar-refractivity contribution < 1.29 is 35.3 Å². The van der Waals surface area contributed by atoms with Crippen molar-refractivity contribution in [3.05, 3.63) is 89.5 Å². The van der Waals surface area contributed by atoms with Gasteiger partial charge in [-0.15, -0.1) is 0 Å². The zero-order chi connectivity index (χ0) is 27.1. The van der Waals surface area contributed by atoms with Crippen LogP contribution in [0.3, 0.4) is 0 Å². The van der Waals surface area contributed by atoms with Crippen LogP contribution in [0.15, 0.2) is 77.7 Å². The summed E-state index contributed by atoms with van der Waals surface area (Å²) in [6.07, 6.45) is -3.86. The molecule has 0 aliphatic carbocycles. The molecule has 0 heterocycles. The van der Waals surface area contributed by atoms with Crippen molar-refractivity contribution in [3.63, 3.8) is 0 Å². The first-order valence-corrected chi connectivity index (χ1v) is 12.8. The SMILES string of the molecule is CCc1cccc(NC(=O)N(CCOC)Cc2ccc(OS(=O)(=O)c3cccc(C(F)(F)F)c3)cc2)c1. The number of methoxy groups -OCH3 is 1. The molecule has 7 nitrogen and oxygen atoms in total. The molecule has 3 aromatic carbocycles. The van der Waals surface area contributed by atoms with Crippen LogP contribution in [0.4, 0.5) is 23.7 Å². The Morgan fingerprint density at radius 2 is 1.68 bits per heavy atom. The number of hydrogen-bond acceptors (Lipinski definition) is 5. The molecule has 0 saturated heterocycles. The highest BCUT2D eigenvalue weighted by Gasteiger charge is 2.32.